The first kappa shape index (κ1) is 13.1. The summed E-state index contributed by atoms with van der Waals surface area (Å²) in [7, 11) is 0. The molecule has 0 aliphatic carbocycles. The van der Waals surface area contributed by atoms with E-state index < -0.39 is 0 Å². The molecule has 4 heteroatoms. The summed E-state index contributed by atoms with van der Waals surface area (Å²) < 4.78 is 12.8. The number of hydrogen-bond donors (Lipinski definition) is 3. The van der Waals surface area contributed by atoms with Gasteiger partial charge in [-0.15, -0.1) is 0 Å². The Bertz CT molecular complexity index is 307. The van der Waals surface area contributed by atoms with Crippen LogP contribution >= 0.6 is 0 Å². The molecule has 1 aromatic rings. The van der Waals surface area contributed by atoms with E-state index in [0.29, 0.717) is 19.4 Å². The maximum Gasteiger partial charge on any atom is 0.123 e. The van der Waals surface area contributed by atoms with Crippen molar-refractivity contribution >= 4 is 0 Å². The highest BCUT2D eigenvalue weighted by Crippen LogP contribution is 2.03. The van der Waals surface area contributed by atoms with Crippen molar-refractivity contribution in [2.75, 3.05) is 19.8 Å². The number of nitrogens with one attached hydrogen (secondary N) is 1. The molecule has 0 saturated heterocycles. The first-order chi connectivity index (χ1) is 7.76. The lowest BCUT2D eigenvalue weighted by molar-refractivity contribution is 0.201. The lowest BCUT2D eigenvalue weighted by Gasteiger charge is -2.14. The number of hydrogen-bond acceptors (Lipinski definition) is 3. The molecule has 0 radical (unpaired) electrons. The van der Waals surface area contributed by atoms with Gasteiger partial charge in [0.25, 0.3) is 0 Å². The summed E-state index contributed by atoms with van der Waals surface area (Å²) in [4.78, 5) is 0. The molecule has 0 saturated carbocycles. The Hall–Kier alpha value is -0.970. The number of rotatable bonds is 7. The maximum atomic E-state index is 12.8. The van der Waals surface area contributed by atoms with E-state index in [4.69, 9.17) is 10.2 Å². The molecule has 0 aliphatic rings. The van der Waals surface area contributed by atoms with Gasteiger partial charge in [0.2, 0.25) is 0 Å². The first-order valence-corrected chi connectivity index (χ1v) is 5.46. The molecule has 16 heavy (non-hydrogen) atoms. The van der Waals surface area contributed by atoms with Gasteiger partial charge in [0.05, 0.1) is 6.61 Å². The van der Waals surface area contributed by atoms with Crippen molar-refractivity contribution in [1.29, 1.82) is 0 Å². The Balaban J connectivity index is 2.29. The fourth-order valence-corrected chi connectivity index (χ4v) is 1.53. The maximum absolute atomic E-state index is 12.8. The minimum absolute atomic E-state index is 0.00368. The quantitative estimate of drug-likeness (QED) is 0.642. The van der Waals surface area contributed by atoms with E-state index in [1.807, 2.05) is 6.07 Å². The first-order valence-electron chi connectivity index (χ1n) is 5.46. The van der Waals surface area contributed by atoms with Gasteiger partial charge in [0.1, 0.15) is 5.82 Å². The third kappa shape index (κ3) is 4.70. The molecule has 3 nitrogen and oxygen atoms in total. The van der Waals surface area contributed by atoms with Crippen molar-refractivity contribution in [2.24, 2.45) is 0 Å². The van der Waals surface area contributed by atoms with Gasteiger partial charge in [-0.05, 0) is 37.1 Å². The number of aliphatic hydroxyl groups excluding tert-OH is 2. The van der Waals surface area contributed by atoms with Crippen LogP contribution in [0.4, 0.5) is 4.39 Å². The predicted molar refractivity (Wildman–Crippen MR) is 60.7 cm³/mol. The molecule has 0 aromatic heterocycles. The summed E-state index contributed by atoms with van der Waals surface area (Å²) >= 11 is 0. The van der Waals surface area contributed by atoms with E-state index in [1.165, 1.54) is 12.1 Å². The molecular formula is C12H18FNO2. The van der Waals surface area contributed by atoms with Gasteiger partial charge in [-0.2, -0.15) is 0 Å². The molecule has 0 fully saturated rings. The highest BCUT2D eigenvalue weighted by Gasteiger charge is 2.05. The number of benzene rings is 1. The zero-order valence-electron chi connectivity index (χ0n) is 9.19. The van der Waals surface area contributed by atoms with Crippen LogP contribution in [0.5, 0.6) is 0 Å². The molecule has 0 amide bonds. The fraction of sp³-hybridized carbons (Fsp3) is 0.500. The standard InChI is InChI=1S/C12H18FNO2/c13-11-3-1-2-10(8-11)4-6-14-12(9-16)5-7-15/h1-3,8,12,14-16H,4-7,9H2. The Kier molecular flexibility index (Phi) is 6.00. The van der Waals surface area contributed by atoms with Gasteiger partial charge in [0.15, 0.2) is 0 Å². The second kappa shape index (κ2) is 7.33. The third-order valence-corrected chi connectivity index (χ3v) is 2.43. The molecule has 0 heterocycles. The van der Waals surface area contributed by atoms with E-state index in [0.717, 1.165) is 5.56 Å². The summed E-state index contributed by atoms with van der Waals surface area (Å²) in [5, 5.41) is 20.8. The average molecular weight is 227 g/mol. The van der Waals surface area contributed by atoms with Crippen molar-refractivity contribution in [2.45, 2.75) is 18.9 Å². The summed E-state index contributed by atoms with van der Waals surface area (Å²) in [6.45, 7) is 0.719. The van der Waals surface area contributed by atoms with Gasteiger partial charge in [0, 0.05) is 12.6 Å². The SMILES string of the molecule is OCCC(CO)NCCc1cccc(F)c1. The lowest BCUT2D eigenvalue weighted by atomic mass is 10.1. The van der Waals surface area contributed by atoms with Crippen LogP contribution in [-0.2, 0) is 6.42 Å². The van der Waals surface area contributed by atoms with Crippen molar-refractivity contribution in [3.05, 3.63) is 35.6 Å². The summed E-state index contributed by atoms with van der Waals surface area (Å²) in [6, 6.07) is 6.38. The Labute approximate surface area is 94.9 Å². The highest BCUT2D eigenvalue weighted by molar-refractivity contribution is 5.16. The van der Waals surface area contributed by atoms with Gasteiger partial charge in [-0.25, -0.2) is 4.39 Å². The van der Waals surface area contributed by atoms with Crippen LogP contribution in [0.15, 0.2) is 24.3 Å². The van der Waals surface area contributed by atoms with Gasteiger partial charge in [-0.1, -0.05) is 12.1 Å². The van der Waals surface area contributed by atoms with Crippen LogP contribution in [0.25, 0.3) is 0 Å². The predicted octanol–water partition coefficient (Wildman–Crippen LogP) is 0.701. The van der Waals surface area contributed by atoms with Crippen molar-refractivity contribution in [1.82, 2.24) is 5.32 Å². The second-order valence-corrected chi connectivity index (χ2v) is 3.73. The van der Waals surface area contributed by atoms with Crippen LogP contribution in [0.3, 0.4) is 0 Å². The Morgan fingerprint density at radius 2 is 2.12 bits per heavy atom. The van der Waals surface area contributed by atoms with E-state index in [1.54, 1.807) is 6.07 Å². The average Bonchev–Trinajstić information content (AvgIpc) is 2.28. The smallest absolute Gasteiger partial charge is 0.123 e. The number of aliphatic hydroxyl groups is 2. The zero-order chi connectivity index (χ0) is 11.8. The van der Waals surface area contributed by atoms with Crippen molar-refractivity contribution < 1.29 is 14.6 Å². The van der Waals surface area contributed by atoms with E-state index >= 15 is 0 Å². The highest BCUT2D eigenvalue weighted by atomic mass is 19.1. The number of halogens is 1. The molecule has 1 atom stereocenters. The monoisotopic (exact) mass is 227 g/mol. The van der Waals surface area contributed by atoms with Gasteiger partial charge < -0.3 is 15.5 Å². The molecule has 1 rings (SSSR count). The van der Waals surface area contributed by atoms with E-state index in [-0.39, 0.29) is 25.1 Å². The van der Waals surface area contributed by atoms with Crippen LogP contribution < -0.4 is 5.32 Å². The largest absolute Gasteiger partial charge is 0.396 e. The lowest BCUT2D eigenvalue weighted by Crippen LogP contribution is -2.34. The molecule has 0 bridgehead atoms. The van der Waals surface area contributed by atoms with Crippen LogP contribution in [0.2, 0.25) is 0 Å². The molecular weight excluding hydrogens is 209 g/mol. The molecule has 1 aromatic carbocycles. The molecule has 0 aliphatic heterocycles. The Morgan fingerprint density at radius 1 is 1.31 bits per heavy atom. The second-order valence-electron chi connectivity index (χ2n) is 3.73. The summed E-state index contributed by atoms with van der Waals surface area (Å²) in [6.07, 6.45) is 1.24. The van der Waals surface area contributed by atoms with Crippen LogP contribution in [0.1, 0.15) is 12.0 Å². The fourth-order valence-electron chi connectivity index (χ4n) is 1.53. The van der Waals surface area contributed by atoms with Gasteiger partial charge in [-0.3, -0.25) is 0 Å². The van der Waals surface area contributed by atoms with Crippen LogP contribution in [0, 0.1) is 5.82 Å². The van der Waals surface area contributed by atoms with Crippen molar-refractivity contribution in [3.8, 4) is 0 Å². The molecule has 3 N–H and O–H groups in total. The molecule has 1 unspecified atom stereocenters. The third-order valence-electron chi connectivity index (χ3n) is 2.43. The van der Waals surface area contributed by atoms with Gasteiger partial charge >= 0.3 is 0 Å². The Morgan fingerprint density at radius 3 is 2.75 bits per heavy atom. The normalized spacial score (nSPS) is 12.7. The minimum Gasteiger partial charge on any atom is -0.396 e. The van der Waals surface area contributed by atoms with E-state index in [9.17, 15) is 4.39 Å². The van der Waals surface area contributed by atoms with Crippen LogP contribution in [-0.4, -0.2) is 36.0 Å². The van der Waals surface area contributed by atoms with E-state index in [2.05, 4.69) is 5.32 Å². The molecule has 90 valence electrons. The topological polar surface area (TPSA) is 52.5 Å². The molecule has 0 spiro atoms. The minimum atomic E-state index is -0.230. The summed E-state index contributed by atoms with van der Waals surface area (Å²) in [5.74, 6) is -0.230. The summed E-state index contributed by atoms with van der Waals surface area (Å²) in [5.41, 5.74) is 0.924. The van der Waals surface area contributed by atoms with Crippen molar-refractivity contribution in [3.63, 3.8) is 0 Å². The zero-order valence-corrected chi connectivity index (χ0v) is 9.19.